The number of aryl methyl sites for hydroxylation is 1. The van der Waals surface area contributed by atoms with Gasteiger partial charge in [0.1, 0.15) is 0 Å². The minimum absolute atomic E-state index is 0.323. The van der Waals surface area contributed by atoms with Crippen molar-refractivity contribution in [1.82, 2.24) is 10.3 Å². The molecule has 118 valence electrons. The molecule has 1 saturated heterocycles. The minimum atomic E-state index is 0.323. The van der Waals surface area contributed by atoms with Crippen LogP contribution >= 0.6 is 0 Å². The molecular weight excluding hydrogens is 282 g/mol. The maximum Gasteiger partial charge on any atom is 0.0782 e. The lowest BCUT2D eigenvalue weighted by molar-refractivity contribution is 0.220. The van der Waals surface area contributed by atoms with Crippen LogP contribution in [0.5, 0.6) is 0 Å². The van der Waals surface area contributed by atoms with Crippen LogP contribution in [0.3, 0.4) is 0 Å². The zero-order valence-electron chi connectivity index (χ0n) is 13.6. The number of rotatable bonds is 3. The first kappa shape index (κ1) is 14.5. The van der Waals surface area contributed by atoms with Crippen molar-refractivity contribution in [2.45, 2.75) is 25.9 Å². The van der Waals surface area contributed by atoms with Crippen LogP contribution in [-0.4, -0.2) is 23.7 Å². The summed E-state index contributed by atoms with van der Waals surface area (Å²) in [5.41, 5.74) is 8.80. The van der Waals surface area contributed by atoms with Gasteiger partial charge in [-0.3, -0.25) is 4.90 Å². The van der Waals surface area contributed by atoms with Crippen LogP contribution in [0.2, 0.25) is 0 Å². The van der Waals surface area contributed by atoms with Crippen LogP contribution in [0, 0.1) is 12.8 Å². The fourth-order valence-electron chi connectivity index (χ4n) is 3.77. The molecule has 1 fully saturated rings. The molecule has 2 aliphatic rings. The van der Waals surface area contributed by atoms with E-state index in [-0.39, 0.29) is 0 Å². The minimum Gasteiger partial charge on any atom is -0.302 e. The van der Waals surface area contributed by atoms with Gasteiger partial charge in [0, 0.05) is 37.7 Å². The SMILES string of the molecule is Cc1cccc(C2NN=C3CCN(Cc4ccccc4)CC32)c1. The van der Waals surface area contributed by atoms with Crippen LogP contribution in [0.25, 0.3) is 0 Å². The predicted octanol–water partition coefficient (Wildman–Crippen LogP) is 3.52. The molecule has 0 bridgehead atoms. The van der Waals surface area contributed by atoms with Gasteiger partial charge in [-0.1, -0.05) is 60.2 Å². The van der Waals surface area contributed by atoms with Gasteiger partial charge in [0.2, 0.25) is 0 Å². The summed E-state index contributed by atoms with van der Waals surface area (Å²) < 4.78 is 0. The number of hydrazone groups is 1. The Morgan fingerprint density at radius 3 is 2.83 bits per heavy atom. The first-order valence-corrected chi connectivity index (χ1v) is 8.44. The average molecular weight is 305 g/mol. The second-order valence-electron chi connectivity index (χ2n) is 6.70. The van der Waals surface area contributed by atoms with Gasteiger partial charge >= 0.3 is 0 Å². The van der Waals surface area contributed by atoms with Crippen LogP contribution in [0.4, 0.5) is 0 Å². The van der Waals surface area contributed by atoms with Gasteiger partial charge in [-0.25, -0.2) is 0 Å². The highest BCUT2D eigenvalue weighted by atomic mass is 15.4. The number of fused-ring (bicyclic) bond motifs is 1. The third-order valence-corrected chi connectivity index (χ3v) is 4.97. The normalized spacial score (nSPS) is 24.0. The molecule has 2 atom stereocenters. The van der Waals surface area contributed by atoms with Crippen molar-refractivity contribution in [3.05, 3.63) is 71.3 Å². The van der Waals surface area contributed by atoms with Crippen LogP contribution in [-0.2, 0) is 6.54 Å². The van der Waals surface area contributed by atoms with Gasteiger partial charge in [0.25, 0.3) is 0 Å². The van der Waals surface area contributed by atoms with E-state index in [0.717, 1.165) is 26.1 Å². The summed E-state index contributed by atoms with van der Waals surface area (Å²) in [5.74, 6) is 0.495. The summed E-state index contributed by atoms with van der Waals surface area (Å²) in [4.78, 5) is 2.56. The zero-order valence-corrected chi connectivity index (χ0v) is 13.6. The van der Waals surface area contributed by atoms with Crippen LogP contribution in [0.1, 0.15) is 29.2 Å². The molecule has 3 heteroatoms. The number of likely N-dealkylation sites (tertiary alicyclic amines) is 1. The molecule has 1 N–H and O–H groups in total. The number of hydrogen-bond donors (Lipinski definition) is 1. The Labute approximate surface area is 138 Å². The maximum atomic E-state index is 4.63. The fourth-order valence-corrected chi connectivity index (χ4v) is 3.77. The van der Waals surface area contributed by atoms with Gasteiger partial charge < -0.3 is 5.43 Å². The lowest BCUT2D eigenvalue weighted by atomic mass is 9.86. The van der Waals surface area contributed by atoms with E-state index in [0.29, 0.717) is 12.0 Å². The summed E-state index contributed by atoms with van der Waals surface area (Å²) in [7, 11) is 0. The Balaban J connectivity index is 1.50. The molecule has 2 aromatic carbocycles. The second kappa shape index (κ2) is 6.17. The van der Waals surface area contributed by atoms with Gasteiger partial charge in [-0.05, 0) is 18.1 Å². The highest BCUT2D eigenvalue weighted by molar-refractivity contribution is 5.89. The molecule has 3 nitrogen and oxygen atoms in total. The third kappa shape index (κ3) is 3.02. The number of hydrogen-bond acceptors (Lipinski definition) is 3. The van der Waals surface area contributed by atoms with Crippen molar-refractivity contribution in [3.63, 3.8) is 0 Å². The quantitative estimate of drug-likeness (QED) is 0.939. The summed E-state index contributed by atoms with van der Waals surface area (Å²) in [6, 6.07) is 19.9. The van der Waals surface area contributed by atoms with E-state index < -0.39 is 0 Å². The molecule has 4 rings (SSSR count). The molecule has 0 amide bonds. The maximum absolute atomic E-state index is 4.63. The summed E-state index contributed by atoms with van der Waals surface area (Å²) in [6.07, 6.45) is 1.08. The zero-order chi connectivity index (χ0) is 15.6. The van der Waals surface area contributed by atoms with Crippen molar-refractivity contribution < 1.29 is 0 Å². The smallest absolute Gasteiger partial charge is 0.0782 e. The Bertz CT molecular complexity index is 708. The summed E-state index contributed by atoms with van der Waals surface area (Å²) in [5, 5.41) is 4.63. The van der Waals surface area contributed by atoms with E-state index in [9.17, 15) is 0 Å². The monoisotopic (exact) mass is 305 g/mol. The molecule has 2 aliphatic heterocycles. The van der Waals surface area contributed by atoms with E-state index in [4.69, 9.17) is 0 Å². The van der Waals surface area contributed by atoms with E-state index in [1.165, 1.54) is 22.4 Å². The largest absolute Gasteiger partial charge is 0.302 e. The van der Waals surface area contributed by atoms with Crippen LogP contribution < -0.4 is 5.43 Å². The first-order valence-electron chi connectivity index (χ1n) is 8.44. The standard InChI is InChI=1S/C20H23N3/c1-15-6-5-9-17(12-15)20-18-14-23(11-10-19(18)21-22-20)13-16-7-3-2-4-8-16/h2-9,12,18,20,22H,10-11,13-14H2,1H3. The molecule has 0 aliphatic carbocycles. The van der Waals surface area contributed by atoms with Crippen LogP contribution in [0.15, 0.2) is 59.7 Å². The average Bonchev–Trinajstić information content (AvgIpc) is 2.99. The Hall–Kier alpha value is -2.13. The number of nitrogens with one attached hydrogen (secondary N) is 1. The van der Waals surface area contributed by atoms with E-state index in [1.54, 1.807) is 0 Å². The Kier molecular flexibility index (Phi) is 3.88. The van der Waals surface area contributed by atoms with E-state index >= 15 is 0 Å². The van der Waals surface area contributed by atoms with Gasteiger partial charge in [-0.15, -0.1) is 0 Å². The molecule has 2 heterocycles. The van der Waals surface area contributed by atoms with Crippen molar-refractivity contribution in [3.8, 4) is 0 Å². The molecule has 2 aromatic rings. The topological polar surface area (TPSA) is 27.6 Å². The number of piperidine rings is 1. The van der Waals surface area contributed by atoms with E-state index in [2.05, 4.69) is 76.9 Å². The predicted molar refractivity (Wildman–Crippen MR) is 94.3 cm³/mol. The molecule has 0 radical (unpaired) electrons. The van der Waals surface area contributed by atoms with Gasteiger partial charge in [0.05, 0.1) is 6.04 Å². The summed E-state index contributed by atoms with van der Waals surface area (Å²) in [6.45, 7) is 5.37. The number of benzene rings is 2. The molecule has 0 aromatic heterocycles. The fraction of sp³-hybridized carbons (Fsp3) is 0.350. The Morgan fingerprint density at radius 1 is 1.13 bits per heavy atom. The van der Waals surface area contributed by atoms with E-state index in [1.807, 2.05) is 0 Å². The Morgan fingerprint density at radius 2 is 2.00 bits per heavy atom. The summed E-state index contributed by atoms with van der Waals surface area (Å²) >= 11 is 0. The molecule has 2 unspecified atom stereocenters. The van der Waals surface area contributed by atoms with Gasteiger partial charge in [0.15, 0.2) is 0 Å². The number of nitrogens with zero attached hydrogens (tertiary/aromatic N) is 2. The van der Waals surface area contributed by atoms with Crippen molar-refractivity contribution in [2.75, 3.05) is 13.1 Å². The highest BCUT2D eigenvalue weighted by Gasteiger charge is 2.36. The molecular formula is C20H23N3. The highest BCUT2D eigenvalue weighted by Crippen LogP contribution is 2.33. The first-order chi connectivity index (χ1) is 11.3. The van der Waals surface area contributed by atoms with Crippen molar-refractivity contribution >= 4 is 5.71 Å². The van der Waals surface area contributed by atoms with Crippen molar-refractivity contribution in [1.29, 1.82) is 0 Å². The molecule has 0 spiro atoms. The second-order valence-corrected chi connectivity index (χ2v) is 6.70. The lowest BCUT2D eigenvalue weighted by Crippen LogP contribution is -2.41. The molecule has 23 heavy (non-hydrogen) atoms. The lowest BCUT2D eigenvalue weighted by Gasteiger charge is -2.33. The van der Waals surface area contributed by atoms with Gasteiger partial charge in [-0.2, -0.15) is 5.10 Å². The van der Waals surface area contributed by atoms with Crippen molar-refractivity contribution in [2.24, 2.45) is 11.0 Å². The third-order valence-electron chi connectivity index (χ3n) is 4.97. The molecule has 0 saturated carbocycles.